The Morgan fingerprint density at radius 1 is 1.00 bits per heavy atom. The Kier molecular flexibility index (Phi) is 5.40. The molecule has 0 heterocycles. The summed E-state index contributed by atoms with van der Waals surface area (Å²) in [4.78, 5) is 36.0. The molecular weight excluding hydrogens is 420 g/mol. The van der Waals surface area contributed by atoms with E-state index in [9.17, 15) is 14.4 Å². The summed E-state index contributed by atoms with van der Waals surface area (Å²) in [5, 5.41) is 14.7. The number of nitrogens with one attached hydrogen (secondary N) is 2. The molecule has 3 aliphatic carbocycles. The number of fused-ring (bicyclic) bond motifs is 3. The first-order valence-electron chi connectivity index (χ1n) is 11.3. The van der Waals surface area contributed by atoms with Crippen LogP contribution < -0.4 is 10.6 Å². The van der Waals surface area contributed by atoms with E-state index >= 15 is 0 Å². The molecule has 7 heteroatoms. The molecule has 0 spiro atoms. The van der Waals surface area contributed by atoms with E-state index in [-0.39, 0.29) is 30.9 Å². The first-order valence-corrected chi connectivity index (χ1v) is 11.3. The molecule has 2 amide bonds. The highest BCUT2D eigenvalue weighted by atomic mass is 16.5. The Morgan fingerprint density at radius 2 is 1.64 bits per heavy atom. The van der Waals surface area contributed by atoms with Gasteiger partial charge in [-0.2, -0.15) is 0 Å². The number of carboxylic acid groups (broad SMARTS) is 1. The minimum Gasteiger partial charge on any atom is -0.481 e. The molecule has 2 aromatic rings. The van der Waals surface area contributed by atoms with Crippen molar-refractivity contribution in [3.8, 4) is 11.1 Å². The van der Waals surface area contributed by atoms with Crippen LogP contribution in [0.5, 0.6) is 0 Å². The normalized spacial score (nSPS) is 19.8. The zero-order valence-electron chi connectivity index (χ0n) is 18.2. The van der Waals surface area contributed by atoms with E-state index in [0.717, 1.165) is 11.1 Å². The highest BCUT2D eigenvalue weighted by Crippen LogP contribution is 2.44. The van der Waals surface area contributed by atoms with Gasteiger partial charge in [-0.1, -0.05) is 54.6 Å². The summed E-state index contributed by atoms with van der Waals surface area (Å²) >= 11 is 0. The number of ether oxygens (including phenoxy) is 1. The fraction of sp³-hybridized carbons (Fsp3) is 0.346. The smallest absolute Gasteiger partial charge is 0.407 e. The van der Waals surface area contributed by atoms with Gasteiger partial charge < -0.3 is 20.5 Å². The van der Waals surface area contributed by atoms with Crippen molar-refractivity contribution < 1.29 is 24.2 Å². The van der Waals surface area contributed by atoms with E-state index in [4.69, 9.17) is 9.84 Å². The van der Waals surface area contributed by atoms with Crippen molar-refractivity contribution in [3.63, 3.8) is 0 Å². The second kappa shape index (κ2) is 8.39. The molecule has 0 saturated heterocycles. The highest BCUT2D eigenvalue weighted by molar-refractivity contribution is 5.95. The highest BCUT2D eigenvalue weighted by Gasteiger charge is 2.46. The van der Waals surface area contributed by atoms with Crippen molar-refractivity contribution in [1.82, 2.24) is 10.6 Å². The molecule has 1 unspecified atom stereocenters. The quantitative estimate of drug-likeness (QED) is 0.601. The van der Waals surface area contributed by atoms with Gasteiger partial charge in [-0.15, -0.1) is 0 Å². The number of carbonyl (C=O) groups is 3. The summed E-state index contributed by atoms with van der Waals surface area (Å²) in [6.45, 7) is 0.241. The van der Waals surface area contributed by atoms with Gasteiger partial charge in [0.05, 0.1) is 12.0 Å². The maximum absolute atomic E-state index is 12.5. The number of hydrogen-bond donors (Lipinski definition) is 3. The van der Waals surface area contributed by atoms with Crippen LogP contribution in [0.2, 0.25) is 0 Å². The van der Waals surface area contributed by atoms with Crippen LogP contribution in [0.25, 0.3) is 11.1 Å². The van der Waals surface area contributed by atoms with Crippen LogP contribution >= 0.6 is 0 Å². The summed E-state index contributed by atoms with van der Waals surface area (Å²) in [7, 11) is 0. The molecule has 2 aromatic carbocycles. The summed E-state index contributed by atoms with van der Waals surface area (Å²) in [6, 6.07) is 16.1. The molecule has 0 aliphatic heterocycles. The Balaban J connectivity index is 1.13. The zero-order chi connectivity index (χ0) is 23.0. The Bertz CT molecular complexity index is 1110. The maximum Gasteiger partial charge on any atom is 0.407 e. The fourth-order valence-electron chi connectivity index (χ4n) is 4.93. The van der Waals surface area contributed by atoms with Gasteiger partial charge in [-0.05, 0) is 47.9 Å². The minimum absolute atomic E-state index is 0.00448. The van der Waals surface area contributed by atoms with Gasteiger partial charge in [0.15, 0.2) is 0 Å². The summed E-state index contributed by atoms with van der Waals surface area (Å²) < 4.78 is 5.59. The lowest BCUT2D eigenvalue weighted by atomic mass is 9.98. The fourth-order valence-corrected chi connectivity index (χ4v) is 4.93. The molecule has 170 valence electrons. The van der Waals surface area contributed by atoms with Gasteiger partial charge in [0, 0.05) is 17.5 Å². The lowest BCUT2D eigenvalue weighted by Gasteiger charge is -2.18. The molecule has 33 heavy (non-hydrogen) atoms. The van der Waals surface area contributed by atoms with E-state index in [1.807, 2.05) is 24.3 Å². The van der Waals surface area contributed by atoms with E-state index in [1.165, 1.54) is 11.1 Å². The number of rotatable bonds is 7. The van der Waals surface area contributed by atoms with E-state index in [2.05, 4.69) is 34.9 Å². The lowest BCUT2D eigenvalue weighted by Crippen LogP contribution is -2.40. The second-order valence-corrected chi connectivity index (χ2v) is 9.14. The Hall–Kier alpha value is -3.61. The predicted molar refractivity (Wildman–Crippen MR) is 122 cm³/mol. The molecular formula is C26H26N2O5. The predicted octanol–water partition coefficient (Wildman–Crippen LogP) is 3.74. The molecule has 1 atom stereocenters. The summed E-state index contributed by atoms with van der Waals surface area (Å²) in [5.41, 5.74) is 4.63. The van der Waals surface area contributed by atoms with E-state index in [0.29, 0.717) is 31.3 Å². The number of carbonyl (C=O) groups excluding carboxylic acids is 2. The lowest BCUT2D eigenvalue weighted by molar-refractivity contribution is -0.138. The van der Waals surface area contributed by atoms with E-state index in [1.54, 1.807) is 6.08 Å². The topological polar surface area (TPSA) is 105 Å². The van der Waals surface area contributed by atoms with Crippen LogP contribution in [0.15, 0.2) is 60.2 Å². The van der Waals surface area contributed by atoms with Crippen LogP contribution in [0.1, 0.15) is 49.1 Å². The summed E-state index contributed by atoms with van der Waals surface area (Å²) in [6.07, 6.45) is 3.55. The first kappa shape index (κ1) is 21.2. The van der Waals surface area contributed by atoms with Crippen molar-refractivity contribution in [3.05, 3.63) is 71.3 Å². The van der Waals surface area contributed by atoms with Crippen molar-refractivity contribution in [1.29, 1.82) is 0 Å². The summed E-state index contributed by atoms with van der Waals surface area (Å²) in [5.74, 6) is -1.16. The first-order chi connectivity index (χ1) is 15.9. The van der Waals surface area contributed by atoms with Gasteiger partial charge in [0.25, 0.3) is 0 Å². The van der Waals surface area contributed by atoms with Crippen LogP contribution in [0, 0.1) is 0 Å². The van der Waals surface area contributed by atoms with Crippen LogP contribution in [0.3, 0.4) is 0 Å². The van der Waals surface area contributed by atoms with Gasteiger partial charge in [0.1, 0.15) is 6.61 Å². The molecule has 5 rings (SSSR count). The molecule has 1 saturated carbocycles. The number of aliphatic carboxylic acids is 1. The second-order valence-electron chi connectivity index (χ2n) is 9.14. The third-order valence-electron chi connectivity index (χ3n) is 6.79. The van der Waals surface area contributed by atoms with Gasteiger partial charge in [-0.25, -0.2) is 4.79 Å². The Labute approximate surface area is 191 Å². The molecule has 3 N–H and O–H groups in total. The molecule has 1 fully saturated rings. The standard InChI is InChI=1S/C26H26N2O5/c29-23(30)14-26(11-12-26)28-24(31)16-9-10-17(13-16)27-25(32)33-15-22-20-7-3-1-5-18(20)19-6-2-4-8-21(19)22/h1-9,17,22H,10-15H2,(H,27,32)(H,28,31)(H,29,30). The monoisotopic (exact) mass is 446 g/mol. The Morgan fingerprint density at radius 3 is 2.24 bits per heavy atom. The van der Waals surface area contributed by atoms with Gasteiger partial charge in [-0.3, -0.25) is 9.59 Å². The molecule has 3 aliphatic rings. The van der Waals surface area contributed by atoms with Crippen molar-refractivity contribution in [2.45, 2.75) is 49.6 Å². The van der Waals surface area contributed by atoms with Crippen molar-refractivity contribution >= 4 is 18.0 Å². The zero-order valence-corrected chi connectivity index (χ0v) is 18.2. The van der Waals surface area contributed by atoms with Gasteiger partial charge >= 0.3 is 12.1 Å². The molecule has 0 radical (unpaired) electrons. The van der Waals surface area contributed by atoms with E-state index < -0.39 is 17.6 Å². The third kappa shape index (κ3) is 4.35. The number of carboxylic acids is 1. The molecule has 0 bridgehead atoms. The maximum atomic E-state index is 12.5. The number of benzene rings is 2. The minimum atomic E-state index is -0.914. The average molecular weight is 447 g/mol. The van der Waals surface area contributed by atoms with Crippen LogP contribution in [0.4, 0.5) is 4.79 Å². The number of alkyl carbamates (subject to hydrolysis) is 1. The third-order valence-corrected chi connectivity index (χ3v) is 6.79. The molecule has 7 nitrogen and oxygen atoms in total. The number of hydrogen-bond acceptors (Lipinski definition) is 4. The van der Waals surface area contributed by atoms with Crippen LogP contribution in [-0.4, -0.2) is 41.3 Å². The SMILES string of the molecule is O=C(O)CC1(NC(=O)C2=CCC(NC(=O)OCC3c4ccccc4-c4ccccc43)C2)CC1. The van der Waals surface area contributed by atoms with Crippen LogP contribution in [-0.2, 0) is 14.3 Å². The van der Waals surface area contributed by atoms with Gasteiger partial charge in [0.2, 0.25) is 5.91 Å². The largest absolute Gasteiger partial charge is 0.481 e. The average Bonchev–Trinajstić information content (AvgIpc) is 3.24. The van der Waals surface area contributed by atoms with Crippen molar-refractivity contribution in [2.75, 3.05) is 6.61 Å². The molecule has 0 aromatic heterocycles. The number of amides is 2. The van der Waals surface area contributed by atoms with Crippen molar-refractivity contribution in [2.24, 2.45) is 0 Å².